The van der Waals surface area contributed by atoms with Gasteiger partial charge in [0.15, 0.2) is 11.6 Å². The summed E-state index contributed by atoms with van der Waals surface area (Å²) >= 11 is 6.26. The number of halogens is 2. The molecule has 3 aliphatic rings. The summed E-state index contributed by atoms with van der Waals surface area (Å²) in [5.41, 5.74) is 1.08. The fourth-order valence-electron chi connectivity index (χ4n) is 7.49. The highest BCUT2D eigenvalue weighted by molar-refractivity contribution is 7.90. The molecule has 1 aromatic carbocycles. The first-order valence-electron chi connectivity index (χ1n) is 15.1. The number of hydrogen-bond acceptors (Lipinski definition) is 7. The molecular formula is C30H44ClFN6O2S. The highest BCUT2D eigenvalue weighted by Crippen LogP contribution is 2.51. The molecule has 8 nitrogen and oxygen atoms in total. The molecule has 226 valence electrons. The number of anilines is 2. The van der Waals surface area contributed by atoms with Crippen molar-refractivity contribution in [3.63, 3.8) is 0 Å². The molecule has 0 spiro atoms. The van der Waals surface area contributed by atoms with E-state index in [1.54, 1.807) is 0 Å². The Hall–Kier alpha value is -2.01. The Balaban J connectivity index is 1.12. The summed E-state index contributed by atoms with van der Waals surface area (Å²) < 4.78 is 41.4. The summed E-state index contributed by atoms with van der Waals surface area (Å²) in [6.07, 6.45) is 11.8. The first kappa shape index (κ1) is 30.4. The Morgan fingerprint density at radius 1 is 1.05 bits per heavy atom. The molecule has 5 rings (SSSR count). The third-order valence-electron chi connectivity index (χ3n) is 9.58. The van der Waals surface area contributed by atoms with Crippen molar-refractivity contribution in [1.29, 1.82) is 0 Å². The fraction of sp³-hybridized carbons (Fsp3) is 0.667. The lowest BCUT2D eigenvalue weighted by Gasteiger charge is -2.49. The summed E-state index contributed by atoms with van der Waals surface area (Å²) in [7, 11) is -1.65. The van der Waals surface area contributed by atoms with Gasteiger partial charge in [-0.3, -0.25) is 0 Å². The van der Waals surface area contributed by atoms with E-state index in [4.69, 9.17) is 11.6 Å². The average Bonchev–Trinajstić information content (AvgIpc) is 2.97. The molecule has 11 heteroatoms. The van der Waals surface area contributed by atoms with E-state index in [9.17, 15) is 12.8 Å². The van der Waals surface area contributed by atoms with Crippen LogP contribution in [0.15, 0.2) is 30.5 Å². The lowest BCUT2D eigenvalue weighted by Crippen LogP contribution is -2.44. The maximum atomic E-state index is 14.7. The van der Waals surface area contributed by atoms with Crippen LogP contribution in [0.3, 0.4) is 0 Å². The predicted octanol–water partition coefficient (Wildman–Crippen LogP) is 5.58. The van der Waals surface area contributed by atoms with Crippen LogP contribution in [0.5, 0.6) is 0 Å². The molecule has 0 aliphatic heterocycles. The van der Waals surface area contributed by atoms with Crippen LogP contribution in [-0.2, 0) is 16.6 Å². The van der Waals surface area contributed by atoms with Crippen LogP contribution in [0.1, 0.15) is 69.8 Å². The van der Waals surface area contributed by atoms with Gasteiger partial charge in [0.1, 0.15) is 0 Å². The molecule has 0 radical (unpaired) electrons. The lowest BCUT2D eigenvalue weighted by atomic mass is 9.59. The number of nitrogens with one attached hydrogen (secondary N) is 4. The molecule has 1 unspecified atom stereocenters. The van der Waals surface area contributed by atoms with E-state index in [0.717, 1.165) is 63.1 Å². The molecular weight excluding hydrogens is 563 g/mol. The maximum Gasteiger partial charge on any atom is 0.225 e. The van der Waals surface area contributed by atoms with Crippen LogP contribution in [-0.4, -0.2) is 50.3 Å². The monoisotopic (exact) mass is 606 g/mol. The van der Waals surface area contributed by atoms with Gasteiger partial charge < -0.3 is 16.0 Å². The van der Waals surface area contributed by atoms with Gasteiger partial charge in [-0.15, -0.1) is 0 Å². The number of sulfonamides is 1. The number of fused-ring (bicyclic) bond motifs is 2. The van der Waals surface area contributed by atoms with E-state index < -0.39 is 15.8 Å². The van der Waals surface area contributed by atoms with Gasteiger partial charge in [-0.2, -0.15) is 4.98 Å². The summed E-state index contributed by atoms with van der Waals surface area (Å²) in [5.74, 6) is 2.03. The minimum atomic E-state index is -3.16. The molecule has 1 aromatic heterocycles. The predicted molar refractivity (Wildman–Crippen MR) is 163 cm³/mol. The van der Waals surface area contributed by atoms with Crippen LogP contribution < -0.4 is 20.7 Å². The lowest BCUT2D eigenvalue weighted by molar-refractivity contribution is 0.0496. The van der Waals surface area contributed by atoms with Crippen LogP contribution in [0.4, 0.5) is 16.2 Å². The van der Waals surface area contributed by atoms with Crippen molar-refractivity contribution < 1.29 is 12.8 Å². The van der Waals surface area contributed by atoms with Crippen molar-refractivity contribution in [2.75, 3.05) is 37.3 Å². The Bertz CT molecular complexity index is 1280. The third-order valence-corrected chi connectivity index (χ3v) is 11.9. The van der Waals surface area contributed by atoms with Crippen molar-refractivity contribution in [3.8, 4) is 0 Å². The van der Waals surface area contributed by atoms with E-state index in [2.05, 4.69) is 30.6 Å². The van der Waals surface area contributed by atoms with Gasteiger partial charge in [0.2, 0.25) is 16.0 Å². The summed E-state index contributed by atoms with van der Waals surface area (Å²) in [6, 6.07) is 7.59. The zero-order valence-corrected chi connectivity index (χ0v) is 25.5. The first-order chi connectivity index (χ1) is 19.7. The normalized spacial score (nSPS) is 28.3. The Morgan fingerprint density at radius 2 is 1.83 bits per heavy atom. The van der Waals surface area contributed by atoms with Crippen LogP contribution in [0.2, 0.25) is 5.02 Å². The van der Waals surface area contributed by atoms with Gasteiger partial charge in [0.05, 0.1) is 11.4 Å². The van der Waals surface area contributed by atoms with E-state index in [-0.39, 0.29) is 16.5 Å². The standard InChI is InChI=1S/C30H44ClFN6O2S/c1-33-41(39,40)25-10-8-21(9-11-25)16-34-17-23-13-22-5-4-12-30(14-22,15-23)20-37-28-27(32)19-36-29(38-28)35-18-24-6-2-3-7-26(24)31/h2-3,6-7,19,21-23,25,33-34H,4-5,8-18,20H2,1H3,(H2,35,36,37,38)/t21-,22?,23-,25-,30-/m1/s1. The zero-order chi connectivity index (χ0) is 28.9. The molecule has 4 N–H and O–H groups in total. The highest BCUT2D eigenvalue weighted by atomic mass is 35.5. The van der Waals surface area contributed by atoms with E-state index >= 15 is 0 Å². The molecule has 1 heterocycles. The third kappa shape index (κ3) is 7.89. The Morgan fingerprint density at radius 3 is 2.61 bits per heavy atom. The van der Waals surface area contributed by atoms with E-state index in [0.29, 0.717) is 35.9 Å². The largest absolute Gasteiger partial charge is 0.367 e. The van der Waals surface area contributed by atoms with Crippen molar-refractivity contribution in [1.82, 2.24) is 20.0 Å². The van der Waals surface area contributed by atoms with E-state index in [1.807, 2.05) is 24.3 Å². The second kappa shape index (κ2) is 13.5. The molecule has 3 aliphatic carbocycles. The second-order valence-corrected chi connectivity index (χ2v) is 15.1. The smallest absolute Gasteiger partial charge is 0.225 e. The number of hydrogen-bond donors (Lipinski definition) is 4. The summed E-state index contributed by atoms with van der Waals surface area (Å²) in [6.45, 7) is 3.11. The number of aromatic nitrogens is 2. The van der Waals surface area contributed by atoms with Crippen molar-refractivity contribution in [3.05, 3.63) is 46.9 Å². The first-order valence-corrected chi connectivity index (χ1v) is 17.0. The number of rotatable bonds is 12. The quantitative estimate of drug-likeness (QED) is 0.250. The zero-order valence-electron chi connectivity index (χ0n) is 24.0. The van der Waals surface area contributed by atoms with Gasteiger partial charge >= 0.3 is 0 Å². The molecule has 2 aromatic rings. The van der Waals surface area contributed by atoms with Crippen LogP contribution >= 0.6 is 11.6 Å². The van der Waals surface area contributed by atoms with Crippen LogP contribution in [0, 0.1) is 29.0 Å². The van der Waals surface area contributed by atoms with Gasteiger partial charge in [0.25, 0.3) is 0 Å². The van der Waals surface area contributed by atoms with Crippen LogP contribution in [0.25, 0.3) is 0 Å². The van der Waals surface area contributed by atoms with Crippen molar-refractivity contribution >= 4 is 33.4 Å². The fourth-order valence-corrected chi connectivity index (χ4v) is 8.92. The number of nitrogens with zero attached hydrogens (tertiary/aromatic N) is 2. The Labute approximate surface area is 249 Å². The molecule has 3 fully saturated rings. The highest BCUT2D eigenvalue weighted by Gasteiger charge is 2.43. The average molecular weight is 607 g/mol. The SMILES string of the molecule is CNS(=O)(=O)[C@H]1CC[C@H](CNC[C@@H]2CC3CCC[C@@](CNc4nc(NCc5ccccc5Cl)ncc4F)(C3)C2)CC1. The molecule has 0 saturated heterocycles. The molecule has 41 heavy (non-hydrogen) atoms. The van der Waals surface area contributed by atoms with Gasteiger partial charge in [-0.25, -0.2) is 22.5 Å². The topological polar surface area (TPSA) is 108 Å². The molecule has 3 saturated carbocycles. The maximum absolute atomic E-state index is 14.7. The molecule has 3 atom stereocenters. The van der Waals surface area contributed by atoms with Crippen molar-refractivity contribution in [2.45, 2.75) is 76.0 Å². The van der Waals surface area contributed by atoms with Gasteiger partial charge in [-0.05, 0) is 106 Å². The molecule has 2 bridgehead atoms. The van der Waals surface area contributed by atoms with Gasteiger partial charge in [0, 0.05) is 18.1 Å². The minimum absolute atomic E-state index is 0.148. The second-order valence-electron chi connectivity index (χ2n) is 12.5. The molecule has 0 amide bonds. The summed E-state index contributed by atoms with van der Waals surface area (Å²) in [4.78, 5) is 8.57. The Kier molecular flexibility index (Phi) is 10.0. The minimum Gasteiger partial charge on any atom is -0.367 e. The summed E-state index contributed by atoms with van der Waals surface area (Å²) in [5, 5.41) is 10.7. The number of benzene rings is 1. The van der Waals surface area contributed by atoms with E-state index in [1.165, 1.54) is 38.9 Å². The van der Waals surface area contributed by atoms with Crippen molar-refractivity contribution in [2.24, 2.45) is 23.2 Å². The van der Waals surface area contributed by atoms with Gasteiger partial charge in [-0.1, -0.05) is 42.6 Å².